The Morgan fingerprint density at radius 1 is 1.60 bits per heavy atom. The molecular formula is C9H14N4OS. The topological polar surface area (TPSA) is 73.1 Å². The van der Waals surface area contributed by atoms with Gasteiger partial charge in [0.15, 0.2) is 5.82 Å². The van der Waals surface area contributed by atoms with E-state index in [4.69, 9.17) is 22.7 Å². The molecule has 1 aromatic heterocycles. The van der Waals surface area contributed by atoms with Gasteiger partial charge in [-0.1, -0.05) is 12.2 Å². The second-order valence-corrected chi connectivity index (χ2v) is 3.48. The second-order valence-electron chi connectivity index (χ2n) is 3.05. The van der Waals surface area contributed by atoms with E-state index >= 15 is 0 Å². The molecule has 0 aliphatic carbocycles. The molecule has 1 unspecified atom stereocenters. The zero-order valence-electron chi connectivity index (χ0n) is 8.73. The molecule has 15 heavy (non-hydrogen) atoms. The predicted molar refractivity (Wildman–Crippen MR) is 62.9 cm³/mol. The lowest BCUT2D eigenvalue weighted by atomic mass is 10.3. The van der Waals surface area contributed by atoms with Gasteiger partial charge in [0, 0.05) is 26.0 Å². The Morgan fingerprint density at radius 3 is 2.87 bits per heavy atom. The first kappa shape index (κ1) is 11.8. The molecule has 0 amide bonds. The van der Waals surface area contributed by atoms with Gasteiger partial charge in [0.25, 0.3) is 0 Å². The van der Waals surface area contributed by atoms with Crippen LogP contribution in [0.2, 0.25) is 0 Å². The average molecular weight is 226 g/mol. The number of methoxy groups -OCH3 is 1. The molecule has 82 valence electrons. The van der Waals surface area contributed by atoms with Crippen LogP contribution in [0.25, 0.3) is 0 Å². The fourth-order valence-corrected chi connectivity index (χ4v) is 1.12. The molecule has 1 aromatic rings. The van der Waals surface area contributed by atoms with Crippen LogP contribution in [0, 0.1) is 0 Å². The molecule has 1 heterocycles. The van der Waals surface area contributed by atoms with Crippen molar-refractivity contribution >= 4 is 23.0 Å². The van der Waals surface area contributed by atoms with E-state index in [1.54, 1.807) is 19.5 Å². The summed E-state index contributed by atoms with van der Waals surface area (Å²) in [5, 5.41) is 3.08. The molecule has 6 heteroatoms. The molecule has 0 bridgehead atoms. The van der Waals surface area contributed by atoms with Gasteiger partial charge in [0.1, 0.15) is 10.7 Å². The summed E-state index contributed by atoms with van der Waals surface area (Å²) in [5.74, 6) is 0.592. The third-order valence-corrected chi connectivity index (χ3v) is 2.08. The normalized spacial score (nSPS) is 12.1. The van der Waals surface area contributed by atoms with Crippen LogP contribution < -0.4 is 11.1 Å². The summed E-state index contributed by atoms with van der Waals surface area (Å²) in [7, 11) is 1.65. The minimum Gasteiger partial charge on any atom is -0.388 e. The molecule has 1 rings (SSSR count). The smallest absolute Gasteiger partial charge is 0.155 e. The van der Waals surface area contributed by atoms with Gasteiger partial charge in [0.05, 0.1) is 6.10 Å². The van der Waals surface area contributed by atoms with Gasteiger partial charge in [-0.3, -0.25) is 0 Å². The minimum absolute atomic E-state index is 0.0891. The van der Waals surface area contributed by atoms with Crippen LogP contribution in [0.4, 0.5) is 5.82 Å². The zero-order chi connectivity index (χ0) is 11.3. The summed E-state index contributed by atoms with van der Waals surface area (Å²) >= 11 is 4.86. The molecule has 0 aliphatic rings. The molecule has 0 aromatic carbocycles. The first-order valence-electron chi connectivity index (χ1n) is 4.52. The number of nitrogens with two attached hydrogens (primary N) is 1. The third-order valence-electron chi connectivity index (χ3n) is 1.89. The lowest BCUT2D eigenvalue weighted by Gasteiger charge is -2.12. The third kappa shape index (κ3) is 3.41. The van der Waals surface area contributed by atoms with Crippen molar-refractivity contribution in [3.8, 4) is 0 Å². The van der Waals surface area contributed by atoms with Crippen molar-refractivity contribution in [2.24, 2.45) is 5.73 Å². The predicted octanol–water partition coefficient (Wildman–Crippen LogP) is 0.558. The highest BCUT2D eigenvalue weighted by atomic mass is 32.1. The summed E-state index contributed by atoms with van der Waals surface area (Å²) in [5.41, 5.74) is 6.02. The summed E-state index contributed by atoms with van der Waals surface area (Å²) in [6.45, 7) is 2.58. The van der Waals surface area contributed by atoms with Gasteiger partial charge >= 0.3 is 0 Å². The summed E-state index contributed by atoms with van der Waals surface area (Å²) in [6.07, 6.45) is 3.23. The summed E-state index contributed by atoms with van der Waals surface area (Å²) < 4.78 is 5.10. The largest absolute Gasteiger partial charge is 0.388 e. The minimum atomic E-state index is 0.0891. The number of nitrogens with zero attached hydrogens (tertiary/aromatic N) is 2. The maximum Gasteiger partial charge on any atom is 0.155 e. The van der Waals surface area contributed by atoms with E-state index in [2.05, 4.69) is 15.3 Å². The van der Waals surface area contributed by atoms with Crippen LogP contribution >= 0.6 is 12.2 Å². The first-order chi connectivity index (χ1) is 7.15. The number of hydrogen-bond acceptors (Lipinski definition) is 5. The van der Waals surface area contributed by atoms with Crippen LogP contribution in [-0.4, -0.2) is 34.7 Å². The highest BCUT2D eigenvalue weighted by molar-refractivity contribution is 7.80. The zero-order valence-corrected chi connectivity index (χ0v) is 9.54. The van der Waals surface area contributed by atoms with E-state index in [1.807, 2.05) is 6.92 Å². The van der Waals surface area contributed by atoms with Crippen molar-refractivity contribution in [3.05, 3.63) is 18.1 Å². The summed E-state index contributed by atoms with van der Waals surface area (Å²) in [6, 6.07) is 0. The highest BCUT2D eigenvalue weighted by Crippen LogP contribution is 2.07. The van der Waals surface area contributed by atoms with Gasteiger partial charge in [-0.2, -0.15) is 0 Å². The molecule has 0 radical (unpaired) electrons. The maximum atomic E-state index is 5.51. The van der Waals surface area contributed by atoms with Gasteiger partial charge in [-0.15, -0.1) is 0 Å². The molecule has 1 atom stereocenters. The van der Waals surface area contributed by atoms with E-state index < -0.39 is 0 Å². The Morgan fingerprint density at radius 2 is 2.27 bits per heavy atom. The Bertz CT molecular complexity index is 345. The van der Waals surface area contributed by atoms with Crippen molar-refractivity contribution < 1.29 is 4.74 Å². The quantitative estimate of drug-likeness (QED) is 0.715. The van der Waals surface area contributed by atoms with Crippen LogP contribution in [0.3, 0.4) is 0 Å². The number of aromatic nitrogens is 2. The highest BCUT2D eigenvalue weighted by Gasteiger charge is 2.08. The first-order valence-corrected chi connectivity index (χ1v) is 4.93. The SMILES string of the molecule is COC(C)CNc1nccnc1C(N)=S. The number of thiocarbonyl (C=S) groups is 1. The van der Waals surface area contributed by atoms with Gasteiger partial charge in [-0.05, 0) is 6.92 Å². The second kappa shape index (κ2) is 5.57. The molecule has 0 spiro atoms. The standard InChI is InChI=1S/C9H14N4OS/c1-6(14-2)5-13-9-7(8(10)15)11-3-4-12-9/h3-4,6H,5H2,1-2H3,(H2,10,15)(H,12,13). The molecule has 0 aliphatic heterocycles. The number of anilines is 1. The van der Waals surface area contributed by atoms with Crippen LogP contribution in [0.15, 0.2) is 12.4 Å². The number of rotatable bonds is 5. The lowest BCUT2D eigenvalue weighted by Crippen LogP contribution is -2.22. The number of ether oxygens (including phenoxy) is 1. The maximum absolute atomic E-state index is 5.51. The Kier molecular flexibility index (Phi) is 4.38. The monoisotopic (exact) mass is 226 g/mol. The van der Waals surface area contributed by atoms with Crippen molar-refractivity contribution in [2.75, 3.05) is 19.0 Å². The van der Waals surface area contributed by atoms with E-state index in [0.717, 1.165) is 0 Å². The Balaban J connectivity index is 2.72. The van der Waals surface area contributed by atoms with Gasteiger partial charge in [-0.25, -0.2) is 9.97 Å². The number of nitrogens with one attached hydrogen (secondary N) is 1. The fourth-order valence-electron chi connectivity index (χ4n) is 0.971. The summed E-state index contributed by atoms with van der Waals surface area (Å²) in [4.78, 5) is 8.39. The van der Waals surface area contributed by atoms with Crippen molar-refractivity contribution in [1.82, 2.24) is 9.97 Å². The average Bonchev–Trinajstić information content (AvgIpc) is 2.26. The molecule has 0 fully saturated rings. The lowest BCUT2D eigenvalue weighted by molar-refractivity contribution is 0.128. The van der Waals surface area contributed by atoms with Gasteiger partial charge in [0.2, 0.25) is 0 Å². The molecule has 0 saturated carbocycles. The van der Waals surface area contributed by atoms with E-state index in [-0.39, 0.29) is 11.1 Å². The van der Waals surface area contributed by atoms with E-state index in [1.165, 1.54) is 0 Å². The van der Waals surface area contributed by atoms with Crippen molar-refractivity contribution in [2.45, 2.75) is 13.0 Å². The molecule has 0 saturated heterocycles. The molecule has 5 nitrogen and oxygen atoms in total. The van der Waals surface area contributed by atoms with E-state index in [0.29, 0.717) is 18.1 Å². The van der Waals surface area contributed by atoms with E-state index in [9.17, 15) is 0 Å². The van der Waals surface area contributed by atoms with Gasteiger partial charge < -0.3 is 15.8 Å². The molecule has 3 N–H and O–H groups in total. The van der Waals surface area contributed by atoms with Crippen LogP contribution in [0.1, 0.15) is 12.6 Å². The van der Waals surface area contributed by atoms with Crippen molar-refractivity contribution in [1.29, 1.82) is 0 Å². The van der Waals surface area contributed by atoms with Crippen LogP contribution in [-0.2, 0) is 4.74 Å². The Labute approximate surface area is 94.1 Å². The molecular weight excluding hydrogens is 212 g/mol. The van der Waals surface area contributed by atoms with Crippen LogP contribution in [0.5, 0.6) is 0 Å². The Hall–Kier alpha value is -1.27. The van der Waals surface area contributed by atoms with Crippen molar-refractivity contribution in [3.63, 3.8) is 0 Å². The fraction of sp³-hybridized carbons (Fsp3) is 0.444. The number of hydrogen-bond donors (Lipinski definition) is 2.